The summed E-state index contributed by atoms with van der Waals surface area (Å²) in [7, 11) is 0. The molecule has 0 radical (unpaired) electrons. The summed E-state index contributed by atoms with van der Waals surface area (Å²) in [5.74, 6) is -0.0488. The number of nitrogens with two attached hydrogens (primary N) is 1. The van der Waals surface area contributed by atoms with Crippen molar-refractivity contribution in [3.63, 3.8) is 0 Å². The Kier molecular flexibility index (Phi) is 6.52. The Bertz CT molecular complexity index is 443. The van der Waals surface area contributed by atoms with Gasteiger partial charge in [0.2, 0.25) is 5.91 Å². The Morgan fingerprint density at radius 2 is 1.90 bits per heavy atom. The third-order valence-electron chi connectivity index (χ3n) is 2.42. The molecule has 0 atom stereocenters. The second-order valence-electron chi connectivity index (χ2n) is 4.69. The predicted octanol–water partition coefficient (Wildman–Crippen LogP) is 0.877. The largest absolute Gasteiger partial charge is 0.484 e. The van der Waals surface area contributed by atoms with E-state index in [0.717, 1.165) is 0 Å². The lowest BCUT2D eigenvalue weighted by atomic mass is 10.3. The minimum Gasteiger partial charge on any atom is -0.484 e. The van der Waals surface area contributed by atoms with Crippen LogP contribution in [0.2, 0.25) is 0 Å². The molecule has 20 heavy (non-hydrogen) atoms. The van der Waals surface area contributed by atoms with Gasteiger partial charge >= 0.3 is 0 Å². The molecule has 0 saturated carbocycles. The molecule has 1 rings (SSSR count). The molecule has 6 nitrogen and oxygen atoms in total. The van der Waals surface area contributed by atoms with Crippen molar-refractivity contribution in [3.05, 3.63) is 24.3 Å². The summed E-state index contributed by atoms with van der Waals surface area (Å²) < 4.78 is 5.12. The Labute approximate surface area is 118 Å². The van der Waals surface area contributed by atoms with Crippen LogP contribution in [0.25, 0.3) is 0 Å². The Balaban J connectivity index is 2.37. The SMILES string of the molecule is CC(C)NCCC(=O)Nc1ccc(OCC(N)=O)cc1. The standard InChI is InChI=1S/C14H21N3O3/c1-10(2)16-8-7-14(19)17-11-3-5-12(6-4-11)20-9-13(15)18/h3-6,10,16H,7-9H2,1-2H3,(H2,15,18)(H,17,19). The molecule has 0 aliphatic carbocycles. The van der Waals surface area contributed by atoms with Crippen molar-refractivity contribution < 1.29 is 14.3 Å². The topological polar surface area (TPSA) is 93.4 Å². The molecular weight excluding hydrogens is 258 g/mol. The second kappa shape index (κ2) is 8.16. The van der Waals surface area contributed by atoms with Gasteiger partial charge in [-0.1, -0.05) is 13.8 Å². The molecule has 0 heterocycles. The van der Waals surface area contributed by atoms with Crippen molar-refractivity contribution in [1.29, 1.82) is 0 Å². The van der Waals surface area contributed by atoms with Gasteiger partial charge in [-0.05, 0) is 24.3 Å². The number of anilines is 1. The number of hydrogen-bond acceptors (Lipinski definition) is 4. The summed E-state index contributed by atoms with van der Waals surface area (Å²) in [6, 6.07) is 7.13. The van der Waals surface area contributed by atoms with E-state index < -0.39 is 5.91 Å². The monoisotopic (exact) mass is 279 g/mol. The first-order valence-corrected chi connectivity index (χ1v) is 6.52. The van der Waals surface area contributed by atoms with E-state index in [0.29, 0.717) is 30.4 Å². The lowest BCUT2D eigenvalue weighted by Crippen LogP contribution is -2.27. The van der Waals surface area contributed by atoms with E-state index in [2.05, 4.69) is 10.6 Å². The van der Waals surface area contributed by atoms with Gasteiger partial charge in [0, 0.05) is 24.7 Å². The van der Waals surface area contributed by atoms with Gasteiger partial charge in [0.1, 0.15) is 5.75 Å². The van der Waals surface area contributed by atoms with Crippen LogP contribution in [0.1, 0.15) is 20.3 Å². The number of hydrogen-bond donors (Lipinski definition) is 3. The minimum absolute atomic E-state index is 0.0519. The molecular formula is C14H21N3O3. The maximum atomic E-state index is 11.7. The summed E-state index contributed by atoms with van der Waals surface area (Å²) in [6.07, 6.45) is 0.415. The molecule has 0 saturated heterocycles. The molecule has 0 aliphatic heterocycles. The molecule has 0 aliphatic rings. The Hall–Kier alpha value is -2.08. The molecule has 1 aromatic carbocycles. The summed E-state index contributed by atoms with van der Waals surface area (Å²) in [5.41, 5.74) is 5.66. The van der Waals surface area contributed by atoms with Gasteiger partial charge < -0.3 is 21.1 Å². The zero-order valence-corrected chi connectivity index (χ0v) is 11.8. The maximum absolute atomic E-state index is 11.7. The van der Waals surface area contributed by atoms with Crippen LogP contribution in [0.5, 0.6) is 5.75 Å². The van der Waals surface area contributed by atoms with E-state index in [-0.39, 0.29) is 12.5 Å². The van der Waals surface area contributed by atoms with E-state index in [1.54, 1.807) is 24.3 Å². The van der Waals surface area contributed by atoms with Crippen LogP contribution < -0.4 is 21.1 Å². The van der Waals surface area contributed by atoms with Crippen molar-refractivity contribution in [3.8, 4) is 5.75 Å². The predicted molar refractivity (Wildman–Crippen MR) is 77.5 cm³/mol. The van der Waals surface area contributed by atoms with Crippen LogP contribution in [-0.4, -0.2) is 31.0 Å². The number of carbonyl (C=O) groups is 2. The Morgan fingerprint density at radius 1 is 1.25 bits per heavy atom. The molecule has 0 aromatic heterocycles. The number of nitrogens with one attached hydrogen (secondary N) is 2. The molecule has 6 heteroatoms. The van der Waals surface area contributed by atoms with E-state index in [1.165, 1.54) is 0 Å². The van der Waals surface area contributed by atoms with Gasteiger partial charge in [-0.15, -0.1) is 0 Å². The van der Waals surface area contributed by atoms with Crippen molar-refractivity contribution in [2.24, 2.45) is 5.73 Å². The highest BCUT2D eigenvalue weighted by atomic mass is 16.5. The first-order valence-electron chi connectivity index (χ1n) is 6.52. The van der Waals surface area contributed by atoms with E-state index >= 15 is 0 Å². The summed E-state index contributed by atoms with van der Waals surface area (Å²) in [5, 5.41) is 5.96. The maximum Gasteiger partial charge on any atom is 0.255 e. The molecule has 110 valence electrons. The van der Waals surface area contributed by atoms with Crippen LogP contribution in [0.3, 0.4) is 0 Å². The molecule has 4 N–H and O–H groups in total. The highest BCUT2D eigenvalue weighted by Gasteiger charge is 2.03. The number of benzene rings is 1. The summed E-state index contributed by atoms with van der Waals surface area (Å²) in [4.78, 5) is 22.2. The number of ether oxygens (including phenoxy) is 1. The lowest BCUT2D eigenvalue weighted by Gasteiger charge is -2.09. The summed E-state index contributed by atoms with van der Waals surface area (Å²) in [6.45, 7) is 4.54. The first-order chi connectivity index (χ1) is 9.47. The molecule has 0 spiro atoms. The average Bonchev–Trinajstić information content (AvgIpc) is 2.37. The normalized spacial score (nSPS) is 10.3. The van der Waals surface area contributed by atoms with Gasteiger partial charge in [0.05, 0.1) is 0 Å². The zero-order chi connectivity index (χ0) is 15.0. The quantitative estimate of drug-likeness (QED) is 0.658. The van der Waals surface area contributed by atoms with Crippen molar-refractivity contribution >= 4 is 17.5 Å². The van der Waals surface area contributed by atoms with Crippen LogP contribution in [0.15, 0.2) is 24.3 Å². The average molecular weight is 279 g/mol. The fraction of sp³-hybridized carbons (Fsp3) is 0.429. The first kappa shape index (κ1) is 16.0. The highest BCUT2D eigenvalue weighted by molar-refractivity contribution is 5.90. The number of primary amides is 1. The van der Waals surface area contributed by atoms with Crippen molar-refractivity contribution in [1.82, 2.24) is 5.32 Å². The fourth-order valence-electron chi connectivity index (χ4n) is 1.49. The van der Waals surface area contributed by atoms with Gasteiger partial charge in [-0.25, -0.2) is 0 Å². The number of carbonyl (C=O) groups excluding carboxylic acids is 2. The Morgan fingerprint density at radius 3 is 2.45 bits per heavy atom. The number of amides is 2. The van der Waals surface area contributed by atoms with Gasteiger partial charge in [-0.2, -0.15) is 0 Å². The zero-order valence-electron chi connectivity index (χ0n) is 11.8. The number of rotatable bonds is 8. The molecule has 0 fully saturated rings. The van der Waals surface area contributed by atoms with Gasteiger partial charge in [-0.3, -0.25) is 9.59 Å². The molecule has 0 unspecified atom stereocenters. The van der Waals surface area contributed by atoms with Crippen LogP contribution in [-0.2, 0) is 9.59 Å². The third kappa shape index (κ3) is 6.75. The van der Waals surface area contributed by atoms with Crippen LogP contribution in [0, 0.1) is 0 Å². The molecule has 1 aromatic rings. The second-order valence-corrected chi connectivity index (χ2v) is 4.69. The van der Waals surface area contributed by atoms with E-state index in [9.17, 15) is 9.59 Å². The molecule has 2 amide bonds. The minimum atomic E-state index is -0.528. The van der Waals surface area contributed by atoms with Gasteiger partial charge in [0.15, 0.2) is 6.61 Å². The van der Waals surface area contributed by atoms with E-state index in [1.807, 2.05) is 13.8 Å². The van der Waals surface area contributed by atoms with E-state index in [4.69, 9.17) is 10.5 Å². The highest BCUT2D eigenvalue weighted by Crippen LogP contribution is 2.15. The van der Waals surface area contributed by atoms with Crippen molar-refractivity contribution in [2.45, 2.75) is 26.3 Å². The third-order valence-corrected chi connectivity index (χ3v) is 2.42. The van der Waals surface area contributed by atoms with Crippen LogP contribution >= 0.6 is 0 Å². The lowest BCUT2D eigenvalue weighted by molar-refractivity contribution is -0.120. The van der Waals surface area contributed by atoms with Crippen molar-refractivity contribution in [2.75, 3.05) is 18.5 Å². The van der Waals surface area contributed by atoms with Gasteiger partial charge in [0.25, 0.3) is 5.91 Å². The smallest absolute Gasteiger partial charge is 0.255 e. The molecule has 0 bridgehead atoms. The fourth-order valence-corrected chi connectivity index (χ4v) is 1.49. The van der Waals surface area contributed by atoms with Crippen LogP contribution in [0.4, 0.5) is 5.69 Å². The summed E-state index contributed by atoms with van der Waals surface area (Å²) >= 11 is 0.